The molecule has 8 nitrogen and oxygen atoms in total. The molecular weight excluding hydrogens is 543 g/mol. The fraction of sp³-hybridized carbons (Fsp3) is 0.400. The summed E-state index contributed by atoms with van der Waals surface area (Å²) in [6, 6.07) is 16.2. The largest absolute Gasteiger partial charge is 0.497 e. The van der Waals surface area contributed by atoms with Gasteiger partial charge in [-0.1, -0.05) is 30.3 Å². The van der Waals surface area contributed by atoms with E-state index in [-0.39, 0.29) is 35.6 Å². The van der Waals surface area contributed by atoms with Crippen LogP contribution in [0.1, 0.15) is 49.1 Å². The van der Waals surface area contributed by atoms with Crippen LogP contribution < -0.4 is 20.1 Å². The molecule has 1 aromatic heterocycles. The number of methoxy groups -OCH3 is 1. The van der Waals surface area contributed by atoms with Crippen molar-refractivity contribution in [1.29, 1.82) is 0 Å². The molecule has 1 aliphatic rings. The van der Waals surface area contributed by atoms with Crippen LogP contribution in [0.15, 0.2) is 53.5 Å². The quantitative estimate of drug-likeness (QED) is 0.259. The maximum absolute atomic E-state index is 6.20. The van der Waals surface area contributed by atoms with Crippen LogP contribution in [0.2, 0.25) is 0 Å². The first kappa shape index (κ1) is 25.8. The lowest BCUT2D eigenvalue weighted by atomic mass is 9.90. The van der Waals surface area contributed by atoms with E-state index in [1.165, 1.54) is 0 Å². The maximum Gasteiger partial charge on any atom is 0.192 e. The summed E-state index contributed by atoms with van der Waals surface area (Å²) in [6.45, 7) is 7.21. The number of aryl methyl sites for hydroxylation is 1. The first-order valence-electron chi connectivity index (χ1n) is 11.2. The van der Waals surface area contributed by atoms with E-state index in [0.29, 0.717) is 19.0 Å². The maximum atomic E-state index is 6.20. The van der Waals surface area contributed by atoms with Crippen LogP contribution in [0, 0.1) is 6.92 Å². The van der Waals surface area contributed by atoms with Crippen molar-refractivity contribution in [1.82, 2.24) is 25.4 Å². The Balaban J connectivity index is 0.00000324. The Morgan fingerprint density at radius 2 is 1.91 bits per heavy atom. The number of nitrogens with zero attached hydrogens (tertiary/aromatic N) is 4. The standard InChI is InChI=1S/C25H32N6O2.HI/c1-17-29-30-23(31(17)4)16-27-24(26-15-18-10-12-19(32-5)13-11-18)28-21-14-25(2,3)33-22-9-7-6-8-20(21)22;/h6-13,21H,14-16H2,1-5H3,(H2,26,27,28);1H. The van der Waals surface area contributed by atoms with Crippen LogP contribution in [0.5, 0.6) is 11.5 Å². The number of para-hydroxylation sites is 1. The summed E-state index contributed by atoms with van der Waals surface area (Å²) in [5.41, 5.74) is 1.94. The minimum Gasteiger partial charge on any atom is -0.497 e. The van der Waals surface area contributed by atoms with Crippen molar-refractivity contribution >= 4 is 29.9 Å². The van der Waals surface area contributed by atoms with Crippen molar-refractivity contribution in [3.05, 3.63) is 71.3 Å². The highest BCUT2D eigenvalue weighted by Crippen LogP contribution is 2.39. The highest BCUT2D eigenvalue weighted by Gasteiger charge is 2.34. The summed E-state index contributed by atoms with van der Waals surface area (Å²) in [5.74, 6) is 4.17. The van der Waals surface area contributed by atoms with Crippen molar-refractivity contribution in [2.45, 2.75) is 51.9 Å². The summed E-state index contributed by atoms with van der Waals surface area (Å²) >= 11 is 0. The lowest BCUT2D eigenvalue weighted by Gasteiger charge is -2.38. The van der Waals surface area contributed by atoms with Crippen LogP contribution in [0.4, 0.5) is 0 Å². The third-order valence-electron chi connectivity index (χ3n) is 5.86. The normalized spacial score (nSPS) is 16.6. The monoisotopic (exact) mass is 576 g/mol. The van der Waals surface area contributed by atoms with Crippen molar-refractivity contribution in [2.75, 3.05) is 7.11 Å². The van der Waals surface area contributed by atoms with Gasteiger partial charge in [-0.3, -0.25) is 0 Å². The van der Waals surface area contributed by atoms with Crippen molar-refractivity contribution in [2.24, 2.45) is 12.0 Å². The zero-order chi connectivity index (χ0) is 23.4. The molecule has 1 aliphatic heterocycles. The number of hydrogen-bond acceptors (Lipinski definition) is 5. The fourth-order valence-corrected chi connectivity index (χ4v) is 3.92. The van der Waals surface area contributed by atoms with Gasteiger partial charge >= 0.3 is 0 Å². The Kier molecular flexibility index (Phi) is 8.40. The van der Waals surface area contributed by atoms with Gasteiger partial charge in [0.25, 0.3) is 0 Å². The fourth-order valence-electron chi connectivity index (χ4n) is 3.92. The predicted octanol–water partition coefficient (Wildman–Crippen LogP) is 4.29. The number of aromatic nitrogens is 3. The van der Waals surface area contributed by atoms with Gasteiger partial charge < -0.3 is 24.7 Å². The van der Waals surface area contributed by atoms with E-state index in [4.69, 9.17) is 14.5 Å². The molecule has 0 aliphatic carbocycles. The molecule has 0 amide bonds. The SMILES string of the molecule is COc1ccc(CN=C(NCc2nnc(C)n2C)NC2CC(C)(C)Oc3ccccc32)cc1.I. The van der Waals surface area contributed by atoms with Crippen LogP contribution in [-0.4, -0.2) is 33.4 Å². The van der Waals surface area contributed by atoms with Gasteiger partial charge in [-0.25, -0.2) is 4.99 Å². The van der Waals surface area contributed by atoms with E-state index in [0.717, 1.165) is 40.7 Å². The molecule has 0 saturated carbocycles. The van der Waals surface area contributed by atoms with E-state index in [1.54, 1.807) is 7.11 Å². The molecule has 0 bridgehead atoms. The molecular formula is C25H33IN6O2. The molecule has 0 fully saturated rings. The van der Waals surface area contributed by atoms with Crippen molar-refractivity contribution in [3.63, 3.8) is 0 Å². The Labute approximate surface area is 218 Å². The van der Waals surface area contributed by atoms with Crippen LogP contribution in [0.3, 0.4) is 0 Å². The second kappa shape index (κ2) is 11.1. The molecule has 0 radical (unpaired) electrons. The lowest BCUT2D eigenvalue weighted by molar-refractivity contribution is 0.0694. The zero-order valence-corrected chi connectivity index (χ0v) is 22.7. The molecule has 34 heavy (non-hydrogen) atoms. The molecule has 3 aromatic rings. The number of fused-ring (bicyclic) bond motifs is 1. The summed E-state index contributed by atoms with van der Waals surface area (Å²) in [7, 11) is 3.63. The van der Waals surface area contributed by atoms with Crippen LogP contribution in [-0.2, 0) is 20.1 Å². The van der Waals surface area contributed by atoms with Gasteiger partial charge in [0.1, 0.15) is 22.9 Å². The Hall–Kier alpha value is -2.82. The van der Waals surface area contributed by atoms with E-state index < -0.39 is 0 Å². The molecule has 182 valence electrons. The molecule has 0 spiro atoms. The average Bonchev–Trinajstić information content (AvgIpc) is 3.12. The molecule has 1 atom stereocenters. The summed E-state index contributed by atoms with van der Waals surface area (Å²) in [4.78, 5) is 4.87. The first-order chi connectivity index (χ1) is 15.8. The average molecular weight is 576 g/mol. The summed E-state index contributed by atoms with van der Waals surface area (Å²) in [6.07, 6.45) is 0.816. The number of halogens is 1. The van der Waals surface area contributed by atoms with Gasteiger partial charge in [-0.05, 0) is 44.5 Å². The highest BCUT2D eigenvalue weighted by molar-refractivity contribution is 14.0. The number of ether oxygens (including phenoxy) is 2. The van der Waals surface area contributed by atoms with E-state index in [9.17, 15) is 0 Å². The third-order valence-corrected chi connectivity index (χ3v) is 5.86. The molecule has 2 heterocycles. The van der Waals surface area contributed by atoms with Gasteiger partial charge in [0.15, 0.2) is 11.8 Å². The highest BCUT2D eigenvalue weighted by atomic mass is 127. The second-order valence-electron chi connectivity index (χ2n) is 8.89. The minimum atomic E-state index is -0.284. The van der Waals surface area contributed by atoms with Crippen LogP contribution >= 0.6 is 24.0 Å². The summed E-state index contributed by atoms with van der Waals surface area (Å²) < 4.78 is 13.4. The number of hydrogen-bond donors (Lipinski definition) is 2. The molecule has 9 heteroatoms. The van der Waals surface area contributed by atoms with Gasteiger partial charge in [0.05, 0.1) is 26.2 Å². The van der Waals surface area contributed by atoms with E-state index >= 15 is 0 Å². The molecule has 2 aromatic carbocycles. The van der Waals surface area contributed by atoms with Gasteiger partial charge in [0.2, 0.25) is 0 Å². The number of rotatable bonds is 6. The zero-order valence-electron chi connectivity index (χ0n) is 20.3. The lowest BCUT2D eigenvalue weighted by Crippen LogP contribution is -2.45. The van der Waals surface area contributed by atoms with Crippen LogP contribution in [0.25, 0.3) is 0 Å². The third kappa shape index (κ3) is 6.19. The number of guanidine groups is 1. The number of benzene rings is 2. The molecule has 1 unspecified atom stereocenters. The second-order valence-corrected chi connectivity index (χ2v) is 8.89. The van der Waals surface area contributed by atoms with E-state index in [2.05, 4.69) is 40.7 Å². The topological polar surface area (TPSA) is 85.6 Å². The first-order valence-corrected chi connectivity index (χ1v) is 11.2. The van der Waals surface area contributed by atoms with Gasteiger partial charge in [0, 0.05) is 19.0 Å². The number of aliphatic imine (C=N–C) groups is 1. The van der Waals surface area contributed by atoms with Gasteiger partial charge in [-0.2, -0.15) is 0 Å². The Bertz CT molecular complexity index is 1130. The molecule has 4 rings (SSSR count). The minimum absolute atomic E-state index is 0. The Morgan fingerprint density at radius 1 is 1.18 bits per heavy atom. The van der Waals surface area contributed by atoms with E-state index in [1.807, 2.05) is 61.0 Å². The predicted molar refractivity (Wildman–Crippen MR) is 144 cm³/mol. The van der Waals surface area contributed by atoms with Gasteiger partial charge in [-0.15, -0.1) is 34.2 Å². The molecule has 2 N–H and O–H groups in total. The Morgan fingerprint density at radius 3 is 2.59 bits per heavy atom. The van der Waals surface area contributed by atoms with Crippen molar-refractivity contribution in [3.8, 4) is 11.5 Å². The molecule has 0 saturated heterocycles. The number of nitrogens with one attached hydrogen (secondary N) is 2. The smallest absolute Gasteiger partial charge is 0.192 e. The van der Waals surface area contributed by atoms with Crippen molar-refractivity contribution < 1.29 is 9.47 Å². The summed E-state index contributed by atoms with van der Waals surface area (Å²) in [5, 5.41) is 15.5.